The third-order valence-electron chi connectivity index (χ3n) is 6.74. The summed E-state index contributed by atoms with van der Waals surface area (Å²) in [5.74, 6) is -2.08. The number of hydrogen-bond donors (Lipinski definition) is 4. The summed E-state index contributed by atoms with van der Waals surface area (Å²) in [6.45, 7) is 5.16. The number of amides is 2. The number of hydrogen-bond acceptors (Lipinski definition) is 6. The highest BCUT2D eigenvalue weighted by Gasteiger charge is 2.17. The molecule has 4 aromatic rings. The van der Waals surface area contributed by atoms with E-state index in [9.17, 15) is 18.4 Å². The Morgan fingerprint density at radius 2 is 1.79 bits per heavy atom. The number of anilines is 1. The first-order valence-corrected chi connectivity index (χ1v) is 14.7. The molecule has 0 atom stereocenters. The van der Waals surface area contributed by atoms with Gasteiger partial charge in [0.2, 0.25) is 0 Å². The maximum atomic E-state index is 13.6. The Bertz CT molecular complexity index is 1650. The predicted octanol–water partition coefficient (Wildman–Crippen LogP) is 5.80. The highest BCUT2D eigenvalue weighted by Crippen LogP contribution is 2.30. The fourth-order valence-corrected chi connectivity index (χ4v) is 5.21. The van der Waals surface area contributed by atoms with Gasteiger partial charge in [0, 0.05) is 41.7 Å². The number of aliphatic imine (C=N–C) groups is 1. The van der Waals surface area contributed by atoms with Crippen LogP contribution in [-0.2, 0) is 13.1 Å². The van der Waals surface area contributed by atoms with E-state index in [4.69, 9.17) is 5.73 Å². The van der Waals surface area contributed by atoms with Crippen molar-refractivity contribution in [1.82, 2.24) is 15.6 Å². The molecule has 2 aromatic carbocycles. The van der Waals surface area contributed by atoms with Gasteiger partial charge in [-0.15, -0.1) is 11.3 Å². The van der Waals surface area contributed by atoms with E-state index in [1.54, 1.807) is 11.3 Å². The summed E-state index contributed by atoms with van der Waals surface area (Å²) in [4.78, 5) is 36.3. The van der Waals surface area contributed by atoms with Crippen LogP contribution in [0.1, 0.15) is 62.0 Å². The van der Waals surface area contributed by atoms with Crippen LogP contribution in [0, 0.1) is 18.6 Å². The Morgan fingerprint density at radius 3 is 2.53 bits per heavy atom. The minimum atomic E-state index is -1.00. The first-order valence-electron chi connectivity index (χ1n) is 13.9. The minimum Gasteiger partial charge on any atom is -0.383 e. The summed E-state index contributed by atoms with van der Waals surface area (Å²) in [5, 5.41) is 8.41. The molecule has 0 unspecified atom stereocenters. The molecule has 2 heterocycles. The van der Waals surface area contributed by atoms with E-state index in [2.05, 4.69) is 45.0 Å². The molecule has 8 nitrogen and oxygen atoms in total. The number of halogens is 2. The number of thiophene rings is 1. The smallest absolute Gasteiger partial charge is 0.255 e. The summed E-state index contributed by atoms with van der Waals surface area (Å²) >= 11 is 1.59. The first-order chi connectivity index (χ1) is 20.7. The van der Waals surface area contributed by atoms with Crippen LogP contribution in [0.25, 0.3) is 10.4 Å². The van der Waals surface area contributed by atoms with Gasteiger partial charge in [-0.1, -0.05) is 31.5 Å². The van der Waals surface area contributed by atoms with Gasteiger partial charge in [-0.25, -0.2) is 13.8 Å². The van der Waals surface area contributed by atoms with Gasteiger partial charge < -0.3 is 21.7 Å². The summed E-state index contributed by atoms with van der Waals surface area (Å²) < 4.78 is 26.9. The lowest BCUT2D eigenvalue weighted by Gasteiger charge is -2.13. The number of pyridine rings is 1. The van der Waals surface area contributed by atoms with Crippen LogP contribution in [0.2, 0.25) is 0 Å². The molecule has 0 bridgehead atoms. The van der Waals surface area contributed by atoms with Crippen LogP contribution in [0.4, 0.5) is 14.6 Å². The Labute approximate surface area is 253 Å². The molecule has 224 valence electrons. The SMILES string of the molecule is CCCC/N=C(/N)c1cc(-c2ccc(CNc3ncc(C(=O)NC)cc3C(=O)NCc3ccc(F)c(F)c3)s2)ccc1C. The average Bonchev–Trinajstić information content (AvgIpc) is 3.49. The number of benzene rings is 2. The largest absolute Gasteiger partial charge is 0.383 e. The van der Waals surface area contributed by atoms with Crippen molar-refractivity contribution in [2.45, 2.75) is 39.8 Å². The molecule has 0 fully saturated rings. The number of rotatable bonds is 12. The molecule has 2 aromatic heterocycles. The zero-order chi connectivity index (χ0) is 30.9. The lowest BCUT2D eigenvalue weighted by molar-refractivity contribution is 0.0951. The molecule has 11 heteroatoms. The molecule has 0 aliphatic heterocycles. The van der Waals surface area contributed by atoms with E-state index in [-0.39, 0.29) is 23.5 Å². The fraction of sp³-hybridized carbons (Fsp3) is 0.250. The van der Waals surface area contributed by atoms with Crippen LogP contribution in [0.5, 0.6) is 0 Å². The molecular formula is C32H34F2N6O2S. The third-order valence-corrected chi connectivity index (χ3v) is 7.88. The van der Waals surface area contributed by atoms with Crippen LogP contribution in [0.15, 0.2) is 65.8 Å². The molecule has 0 radical (unpaired) electrons. The number of carbonyl (C=O) groups is 2. The monoisotopic (exact) mass is 604 g/mol. The van der Waals surface area contributed by atoms with E-state index in [1.165, 1.54) is 25.4 Å². The zero-order valence-electron chi connectivity index (χ0n) is 24.3. The Balaban J connectivity index is 1.51. The number of nitrogens with zero attached hydrogens (tertiary/aromatic N) is 2. The zero-order valence-corrected chi connectivity index (χ0v) is 25.1. The van der Waals surface area contributed by atoms with Crippen LogP contribution in [0.3, 0.4) is 0 Å². The highest BCUT2D eigenvalue weighted by molar-refractivity contribution is 7.15. The van der Waals surface area contributed by atoms with E-state index < -0.39 is 23.4 Å². The van der Waals surface area contributed by atoms with Crippen molar-refractivity contribution in [3.05, 3.63) is 105 Å². The summed E-state index contributed by atoms with van der Waals surface area (Å²) in [5.41, 5.74) is 10.0. The minimum absolute atomic E-state index is 0.0413. The average molecular weight is 605 g/mol. The fourth-order valence-electron chi connectivity index (χ4n) is 4.27. The van der Waals surface area contributed by atoms with Crippen molar-refractivity contribution in [3.63, 3.8) is 0 Å². The second kappa shape index (κ2) is 14.5. The Morgan fingerprint density at radius 1 is 0.977 bits per heavy atom. The molecular weight excluding hydrogens is 570 g/mol. The van der Waals surface area contributed by atoms with E-state index in [1.807, 2.05) is 25.1 Å². The summed E-state index contributed by atoms with van der Waals surface area (Å²) in [6, 6.07) is 15.0. The van der Waals surface area contributed by atoms with Gasteiger partial charge in [0.1, 0.15) is 11.7 Å². The lowest BCUT2D eigenvalue weighted by Crippen LogP contribution is -2.26. The second-order valence-corrected chi connectivity index (χ2v) is 11.1. The van der Waals surface area contributed by atoms with E-state index in [0.717, 1.165) is 51.4 Å². The van der Waals surface area contributed by atoms with Crippen molar-refractivity contribution in [2.24, 2.45) is 10.7 Å². The standard InChI is InChI=1S/C32H34F2N6O2S/c1-4-5-12-37-29(35)24-14-21(8-6-19(24)2)28-11-9-23(43-28)18-39-30-25(15-22(17-38-30)31(41)36-3)32(42)40-16-20-7-10-26(33)27(34)13-20/h6-11,13-15,17H,4-5,12,16,18H2,1-3H3,(H2,35,37)(H,36,41)(H,38,39)(H,40,42). The van der Waals surface area contributed by atoms with E-state index >= 15 is 0 Å². The number of aromatic nitrogens is 1. The number of nitrogens with one attached hydrogen (secondary N) is 3. The van der Waals surface area contributed by atoms with E-state index in [0.29, 0.717) is 24.5 Å². The molecule has 0 spiro atoms. The van der Waals surface area contributed by atoms with Crippen LogP contribution >= 0.6 is 11.3 Å². The molecule has 0 aliphatic carbocycles. The third kappa shape index (κ3) is 8.01. The summed E-state index contributed by atoms with van der Waals surface area (Å²) in [6.07, 6.45) is 3.42. The molecule has 5 N–H and O–H groups in total. The van der Waals surface area contributed by atoms with Gasteiger partial charge in [0.05, 0.1) is 17.7 Å². The molecule has 43 heavy (non-hydrogen) atoms. The molecule has 2 amide bonds. The molecule has 4 rings (SSSR count). The summed E-state index contributed by atoms with van der Waals surface area (Å²) in [7, 11) is 1.48. The number of nitrogens with two attached hydrogens (primary N) is 1. The van der Waals surface area contributed by atoms with Crippen molar-refractivity contribution in [3.8, 4) is 10.4 Å². The number of aryl methyl sites for hydroxylation is 1. The number of unbranched alkanes of at least 4 members (excludes halogenated alkanes) is 1. The van der Waals surface area contributed by atoms with Crippen molar-refractivity contribution in [2.75, 3.05) is 18.9 Å². The van der Waals surface area contributed by atoms with Gasteiger partial charge in [0.15, 0.2) is 11.6 Å². The highest BCUT2D eigenvalue weighted by atomic mass is 32.1. The van der Waals surface area contributed by atoms with Crippen molar-refractivity contribution >= 4 is 34.8 Å². The second-order valence-electron chi connectivity index (χ2n) is 9.90. The van der Waals surface area contributed by atoms with Gasteiger partial charge >= 0.3 is 0 Å². The van der Waals surface area contributed by atoms with Gasteiger partial charge in [-0.05, 0) is 66.4 Å². The van der Waals surface area contributed by atoms with Gasteiger partial charge in [0.25, 0.3) is 11.8 Å². The molecule has 0 aliphatic rings. The number of amidine groups is 1. The Kier molecular flexibility index (Phi) is 10.6. The number of carbonyl (C=O) groups excluding carboxylic acids is 2. The first kappa shape index (κ1) is 31.3. The topological polar surface area (TPSA) is 122 Å². The maximum absolute atomic E-state index is 13.6. The van der Waals surface area contributed by atoms with Gasteiger partial charge in [-0.2, -0.15) is 0 Å². The van der Waals surface area contributed by atoms with Gasteiger partial charge in [-0.3, -0.25) is 14.6 Å². The maximum Gasteiger partial charge on any atom is 0.255 e. The van der Waals surface area contributed by atoms with Crippen LogP contribution < -0.4 is 21.7 Å². The van der Waals surface area contributed by atoms with Crippen molar-refractivity contribution in [1.29, 1.82) is 0 Å². The molecule has 0 saturated heterocycles. The molecule has 0 saturated carbocycles. The van der Waals surface area contributed by atoms with Crippen molar-refractivity contribution < 1.29 is 18.4 Å². The lowest BCUT2D eigenvalue weighted by atomic mass is 10.0. The quantitative estimate of drug-likeness (QED) is 0.0925. The normalized spacial score (nSPS) is 11.3. The Hall–Kier alpha value is -4.64. The predicted molar refractivity (Wildman–Crippen MR) is 167 cm³/mol. The van der Waals surface area contributed by atoms with Crippen LogP contribution in [-0.4, -0.2) is 36.2 Å².